The summed E-state index contributed by atoms with van der Waals surface area (Å²) in [6.07, 6.45) is 8.55. The largest absolute Gasteiger partial charge is 0.462 e. The van der Waals surface area contributed by atoms with Crippen LogP contribution in [0.15, 0.2) is 10.5 Å². The van der Waals surface area contributed by atoms with Crippen molar-refractivity contribution in [1.29, 1.82) is 0 Å². The second-order valence-electron chi connectivity index (χ2n) is 10.5. The predicted octanol–water partition coefficient (Wildman–Crippen LogP) is 6.95. The number of esters is 1. The van der Waals surface area contributed by atoms with Crippen molar-refractivity contribution in [3.05, 3.63) is 31.8 Å². The van der Waals surface area contributed by atoms with Crippen molar-refractivity contribution in [3.63, 3.8) is 0 Å². The van der Waals surface area contributed by atoms with Crippen LogP contribution < -0.4 is 5.32 Å². The fourth-order valence-electron chi connectivity index (χ4n) is 5.43. The summed E-state index contributed by atoms with van der Waals surface area (Å²) in [5.41, 5.74) is 4.22. The molecule has 1 amide bonds. The molecular formula is C28H36N4O3S3. The standard InChI is InChI=1S/C28H36N4O3S3/c1-5-35-27(34)24-19-9-7-6-8-10-21(19)38-26(24)29-23(33)15-37-28-31-30-25(32(28)16(2)3)20-14-36-22-13-17(4)11-12-18(20)22/h14,16-17H,5-13,15H2,1-4H3,(H,29,33). The molecule has 1 N–H and O–H groups in total. The van der Waals surface area contributed by atoms with Crippen LogP contribution in [0.25, 0.3) is 11.4 Å². The molecule has 0 fully saturated rings. The van der Waals surface area contributed by atoms with Gasteiger partial charge in [-0.2, -0.15) is 0 Å². The number of hydrogen-bond donors (Lipinski definition) is 1. The van der Waals surface area contributed by atoms with Gasteiger partial charge in [0.25, 0.3) is 0 Å². The first-order valence-electron chi connectivity index (χ1n) is 13.7. The zero-order valence-corrected chi connectivity index (χ0v) is 25.0. The lowest BCUT2D eigenvalue weighted by molar-refractivity contribution is -0.113. The third kappa shape index (κ3) is 5.58. The number of rotatable bonds is 8. The lowest BCUT2D eigenvalue weighted by Crippen LogP contribution is -2.17. The highest BCUT2D eigenvalue weighted by atomic mass is 32.2. The summed E-state index contributed by atoms with van der Waals surface area (Å²) in [7, 11) is 0. The number of hydrogen-bond acceptors (Lipinski definition) is 8. The van der Waals surface area contributed by atoms with Crippen LogP contribution in [0.1, 0.15) is 90.7 Å². The fourth-order valence-corrected chi connectivity index (χ4v) is 8.84. The van der Waals surface area contributed by atoms with Gasteiger partial charge < -0.3 is 10.1 Å². The zero-order chi connectivity index (χ0) is 26.8. The van der Waals surface area contributed by atoms with Gasteiger partial charge in [-0.25, -0.2) is 4.79 Å². The lowest BCUT2D eigenvalue weighted by Gasteiger charge is -2.19. The van der Waals surface area contributed by atoms with E-state index in [-0.39, 0.29) is 23.7 Å². The van der Waals surface area contributed by atoms with Crippen LogP contribution in [0.4, 0.5) is 5.00 Å². The van der Waals surface area contributed by atoms with E-state index in [9.17, 15) is 9.59 Å². The molecule has 1 unspecified atom stereocenters. The van der Waals surface area contributed by atoms with Crippen molar-refractivity contribution in [2.24, 2.45) is 5.92 Å². The summed E-state index contributed by atoms with van der Waals surface area (Å²) >= 11 is 4.75. The van der Waals surface area contributed by atoms with E-state index in [1.54, 1.807) is 0 Å². The number of aryl methyl sites for hydroxylation is 1. The third-order valence-corrected chi connectivity index (χ3v) is 10.5. The molecule has 3 heterocycles. The summed E-state index contributed by atoms with van der Waals surface area (Å²) in [4.78, 5) is 28.6. The van der Waals surface area contributed by atoms with Crippen molar-refractivity contribution < 1.29 is 14.3 Å². The Kier molecular flexibility index (Phi) is 8.59. The first kappa shape index (κ1) is 27.4. The normalized spacial score (nSPS) is 17.1. The molecule has 0 aromatic carbocycles. The molecule has 5 rings (SSSR count). The molecule has 0 saturated heterocycles. The monoisotopic (exact) mass is 572 g/mol. The Morgan fingerprint density at radius 2 is 1.97 bits per heavy atom. The van der Waals surface area contributed by atoms with Crippen molar-refractivity contribution in [3.8, 4) is 11.4 Å². The van der Waals surface area contributed by atoms with E-state index in [0.717, 1.165) is 67.4 Å². The Morgan fingerprint density at radius 3 is 2.76 bits per heavy atom. The number of aromatic nitrogens is 3. The van der Waals surface area contributed by atoms with E-state index < -0.39 is 0 Å². The van der Waals surface area contributed by atoms with E-state index in [4.69, 9.17) is 4.74 Å². The van der Waals surface area contributed by atoms with Gasteiger partial charge in [0, 0.05) is 26.7 Å². The maximum absolute atomic E-state index is 13.1. The number of nitrogens with zero attached hydrogens (tertiary/aromatic N) is 3. The van der Waals surface area contributed by atoms with Crippen LogP contribution in [0, 0.1) is 5.92 Å². The zero-order valence-electron chi connectivity index (χ0n) is 22.6. The smallest absolute Gasteiger partial charge is 0.341 e. The Balaban J connectivity index is 1.33. The van der Waals surface area contributed by atoms with Crippen LogP contribution in [0.2, 0.25) is 0 Å². The average molecular weight is 573 g/mol. The van der Waals surface area contributed by atoms with Crippen molar-refractivity contribution >= 4 is 51.3 Å². The molecule has 0 spiro atoms. The predicted molar refractivity (Wildman–Crippen MR) is 156 cm³/mol. The number of nitrogens with one attached hydrogen (secondary N) is 1. The number of amides is 1. The Labute approximate surface area is 236 Å². The number of ether oxygens (including phenoxy) is 1. The number of thioether (sulfide) groups is 1. The summed E-state index contributed by atoms with van der Waals surface area (Å²) < 4.78 is 7.51. The van der Waals surface area contributed by atoms with Gasteiger partial charge in [-0.15, -0.1) is 32.9 Å². The molecular weight excluding hydrogens is 537 g/mol. The minimum absolute atomic E-state index is 0.154. The molecule has 3 aromatic heterocycles. The Hall–Kier alpha value is -2.17. The number of carbonyl (C=O) groups is 2. The number of carbonyl (C=O) groups excluding carboxylic acids is 2. The molecule has 0 saturated carbocycles. The SMILES string of the molecule is CCOC(=O)c1c(NC(=O)CSc2nnc(-c3csc4c3CCC(C)C4)n2C(C)C)sc2c1CCCCC2. The molecule has 2 aliphatic carbocycles. The molecule has 1 atom stereocenters. The van der Waals surface area contributed by atoms with Gasteiger partial charge in [-0.3, -0.25) is 9.36 Å². The van der Waals surface area contributed by atoms with E-state index in [2.05, 4.69) is 46.2 Å². The Morgan fingerprint density at radius 1 is 1.16 bits per heavy atom. The highest BCUT2D eigenvalue weighted by molar-refractivity contribution is 7.99. The van der Waals surface area contributed by atoms with Gasteiger partial charge >= 0.3 is 5.97 Å². The maximum atomic E-state index is 13.1. The minimum atomic E-state index is -0.340. The number of fused-ring (bicyclic) bond motifs is 2. The van der Waals surface area contributed by atoms with Gasteiger partial charge in [-0.1, -0.05) is 25.1 Å². The number of thiophene rings is 2. The molecule has 10 heteroatoms. The van der Waals surface area contributed by atoms with Crippen LogP contribution in [0.3, 0.4) is 0 Å². The second kappa shape index (κ2) is 11.9. The molecule has 0 radical (unpaired) electrons. The lowest BCUT2D eigenvalue weighted by atomic mass is 9.88. The molecule has 38 heavy (non-hydrogen) atoms. The van der Waals surface area contributed by atoms with Gasteiger partial charge in [0.1, 0.15) is 5.00 Å². The molecule has 204 valence electrons. The highest BCUT2D eigenvalue weighted by Crippen LogP contribution is 2.40. The first-order chi connectivity index (χ1) is 18.4. The van der Waals surface area contributed by atoms with Crippen molar-refractivity contribution in [2.45, 2.75) is 90.3 Å². The first-order valence-corrected chi connectivity index (χ1v) is 16.3. The van der Waals surface area contributed by atoms with E-state index in [1.165, 1.54) is 50.4 Å². The second-order valence-corrected chi connectivity index (χ2v) is 13.5. The quantitative estimate of drug-likeness (QED) is 0.179. The van der Waals surface area contributed by atoms with E-state index in [0.29, 0.717) is 17.2 Å². The molecule has 0 bridgehead atoms. The van der Waals surface area contributed by atoms with E-state index in [1.807, 2.05) is 18.3 Å². The summed E-state index contributed by atoms with van der Waals surface area (Å²) in [6, 6.07) is 0.159. The van der Waals surface area contributed by atoms with Gasteiger partial charge in [0.2, 0.25) is 5.91 Å². The summed E-state index contributed by atoms with van der Waals surface area (Å²) in [5.74, 6) is 1.31. The minimum Gasteiger partial charge on any atom is -0.462 e. The molecule has 7 nitrogen and oxygen atoms in total. The number of anilines is 1. The molecule has 2 aliphatic rings. The van der Waals surface area contributed by atoms with Crippen LogP contribution in [-0.4, -0.2) is 39.0 Å². The maximum Gasteiger partial charge on any atom is 0.341 e. The average Bonchev–Trinajstić information content (AvgIpc) is 3.53. The van der Waals surface area contributed by atoms with E-state index >= 15 is 0 Å². The van der Waals surface area contributed by atoms with Crippen LogP contribution in [-0.2, 0) is 35.2 Å². The van der Waals surface area contributed by atoms with Gasteiger partial charge in [-0.05, 0) is 82.8 Å². The van der Waals surface area contributed by atoms with Gasteiger partial charge in [0.05, 0.1) is 17.9 Å². The Bertz CT molecular complexity index is 1320. The summed E-state index contributed by atoms with van der Waals surface area (Å²) in [5, 5.41) is 15.7. The van der Waals surface area contributed by atoms with Crippen LogP contribution in [0.5, 0.6) is 0 Å². The van der Waals surface area contributed by atoms with Crippen LogP contribution >= 0.6 is 34.4 Å². The van der Waals surface area contributed by atoms with Crippen molar-refractivity contribution in [1.82, 2.24) is 14.8 Å². The molecule has 0 aliphatic heterocycles. The molecule has 3 aromatic rings. The van der Waals surface area contributed by atoms with Gasteiger partial charge in [0.15, 0.2) is 11.0 Å². The summed E-state index contributed by atoms with van der Waals surface area (Å²) in [6.45, 7) is 8.70. The third-order valence-electron chi connectivity index (χ3n) is 7.31. The topological polar surface area (TPSA) is 86.1 Å². The fraction of sp³-hybridized carbons (Fsp3) is 0.571. The van der Waals surface area contributed by atoms with Crippen molar-refractivity contribution in [2.75, 3.05) is 17.7 Å². The highest BCUT2D eigenvalue weighted by Gasteiger charge is 2.28.